The molecule has 5 nitrogen and oxygen atoms in total. The van der Waals surface area contributed by atoms with Crippen molar-refractivity contribution in [2.24, 2.45) is 5.73 Å². The lowest BCUT2D eigenvalue weighted by molar-refractivity contribution is 0.130. The van der Waals surface area contributed by atoms with E-state index in [-0.39, 0.29) is 11.5 Å². The SMILES string of the molecule is CCOCC(N)c1noc(C2(C)CCCC2)n1. The van der Waals surface area contributed by atoms with Crippen LogP contribution in [0.25, 0.3) is 0 Å². The van der Waals surface area contributed by atoms with Gasteiger partial charge in [0.25, 0.3) is 0 Å². The smallest absolute Gasteiger partial charge is 0.232 e. The lowest BCUT2D eigenvalue weighted by atomic mass is 9.89. The summed E-state index contributed by atoms with van der Waals surface area (Å²) in [6, 6.07) is -0.294. The van der Waals surface area contributed by atoms with E-state index in [9.17, 15) is 0 Å². The van der Waals surface area contributed by atoms with Crippen LogP contribution in [-0.4, -0.2) is 23.4 Å². The van der Waals surface area contributed by atoms with Gasteiger partial charge in [0.15, 0.2) is 5.82 Å². The van der Waals surface area contributed by atoms with Gasteiger partial charge in [0.05, 0.1) is 12.6 Å². The highest BCUT2D eigenvalue weighted by Gasteiger charge is 2.36. The Hall–Kier alpha value is -0.940. The molecule has 0 amide bonds. The Morgan fingerprint density at radius 2 is 2.18 bits per heavy atom. The normalized spacial score (nSPS) is 20.6. The lowest BCUT2D eigenvalue weighted by Crippen LogP contribution is -2.20. The molecule has 2 N–H and O–H groups in total. The second-order valence-corrected chi connectivity index (χ2v) is 4.99. The van der Waals surface area contributed by atoms with Gasteiger partial charge in [-0.2, -0.15) is 4.98 Å². The van der Waals surface area contributed by atoms with E-state index in [4.69, 9.17) is 15.0 Å². The Bertz CT molecular complexity index is 358. The van der Waals surface area contributed by atoms with Crippen molar-refractivity contribution in [1.29, 1.82) is 0 Å². The lowest BCUT2D eigenvalue weighted by Gasteiger charge is -2.17. The predicted molar refractivity (Wildman–Crippen MR) is 63.5 cm³/mol. The molecule has 1 heterocycles. The van der Waals surface area contributed by atoms with Gasteiger partial charge < -0.3 is 15.0 Å². The van der Waals surface area contributed by atoms with Gasteiger partial charge in [-0.05, 0) is 19.8 Å². The summed E-state index contributed by atoms with van der Waals surface area (Å²) < 4.78 is 10.6. The molecule has 0 saturated heterocycles. The first-order valence-electron chi connectivity index (χ1n) is 6.33. The largest absolute Gasteiger partial charge is 0.380 e. The summed E-state index contributed by atoms with van der Waals surface area (Å²) in [5, 5.41) is 3.97. The van der Waals surface area contributed by atoms with Gasteiger partial charge >= 0.3 is 0 Å². The zero-order chi connectivity index (χ0) is 12.3. The summed E-state index contributed by atoms with van der Waals surface area (Å²) >= 11 is 0. The molecule has 96 valence electrons. The predicted octanol–water partition coefficient (Wildman–Crippen LogP) is 1.94. The van der Waals surface area contributed by atoms with Crippen LogP contribution in [0.5, 0.6) is 0 Å². The van der Waals surface area contributed by atoms with Crippen LogP contribution in [0.3, 0.4) is 0 Å². The molecule has 0 aromatic carbocycles. The molecule has 1 aromatic heterocycles. The maximum atomic E-state index is 5.93. The molecule has 1 unspecified atom stereocenters. The van der Waals surface area contributed by atoms with Gasteiger partial charge in [-0.15, -0.1) is 0 Å². The third-order valence-corrected chi connectivity index (χ3v) is 3.50. The van der Waals surface area contributed by atoms with E-state index in [1.165, 1.54) is 12.8 Å². The molecule has 0 spiro atoms. The van der Waals surface area contributed by atoms with Crippen molar-refractivity contribution < 1.29 is 9.26 Å². The van der Waals surface area contributed by atoms with Crippen molar-refractivity contribution in [2.45, 2.75) is 51.0 Å². The van der Waals surface area contributed by atoms with Crippen molar-refractivity contribution in [3.63, 3.8) is 0 Å². The first-order chi connectivity index (χ1) is 8.15. The van der Waals surface area contributed by atoms with Gasteiger partial charge in [0.2, 0.25) is 5.89 Å². The fourth-order valence-electron chi connectivity index (χ4n) is 2.32. The summed E-state index contributed by atoms with van der Waals surface area (Å²) in [7, 11) is 0. The Balaban J connectivity index is 2.05. The Morgan fingerprint density at radius 3 is 2.82 bits per heavy atom. The van der Waals surface area contributed by atoms with Gasteiger partial charge in [-0.25, -0.2) is 0 Å². The molecule has 1 fully saturated rings. The highest BCUT2D eigenvalue weighted by molar-refractivity contribution is 5.07. The first-order valence-corrected chi connectivity index (χ1v) is 6.33. The van der Waals surface area contributed by atoms with Gasteiger partial charge in [-0.1, -0.05) is 24.9 Å². The van der Waals surface area contributed by atoms with Crippen LogP contribution in [0, 0.1) is 0 Å². The molecule has 1 aliphatic rings. The Labute approximate surface area is 102 Å². The molecule has 1 aromatic rings. The average Bonchev–Trinajstić information content (AvgIpc) is 2.95. The fraction of sp³-hybridized carbons (Fsp3) is 0.833. The number of aromatic nitrogens is 2. The highest BCUT2D eigenvalue weighted by Crippen LogP contribution is 2.39. The van der Waals surface area contributed by atoms with Crippen molar-refractivity contribution in [1.82, 2.24) is 10.1 Å². The second-order valence-electron chi connectivity index (χ2n) is 4.99. The maximum absolute atomic E-state index is 5.93. The van der Waals surface area contributed by atoms with Crippen LogP contribution >= 0.6 is 0 Å². The van der Waals surface area contributed by atoms with Gasteiger partial charge in [0, 0.05) is 12.0 Å². The quantitative estimate of drug-likeness (QED) is 0.850. The summed E-state index contributed by atoms with van der Waals surface area (Å²) in [6.45, 7) is 5.21. The number of nitrogens with two attached hydrogens (primary N) is 1. The maximum Gasteiger partial charge on any atom is 0.232 e. The molecule has 1 atom stereocenters. The minimum Gasteiger partial charge on any atom is -0.380 e. The van der Waals surface area contributed by atoms with E-state index in [2.05, 4.69) is 17.1 Å². The third-order valence-electron chi connectivity index (χ3n) is 3.50. The highest BCUT2D eigenvalue weighted by atomic mass is 16.5. The molecule has 0 bridgehead atoms. The molecule has 1 aliphatic carbocycles. The van der Waals surface area contributed by atoms with Crippen LogP contribution in [0.2, 0.25) is 0 Å². The number of hydrogen-bond acceptors (Lipinski definition) is 5. The zero-order valence-electron chi connectivity index (χ0n) is 10.6. The Morgan fingerprint density at radius 1 is 1.47 bits per heavy atom. The fourth-order valence-corrected chi connectivity index (χ4v) is 2.32. The minimum atomic E-state index is -0.294. The van der Waals surface area contributed by atoms with Crippen LogP contribution in [0.4, 0.5) is 0 Å². The molecule has 17 heavy (non-hydrogen) atoms. The van der Waals surface area contributed by atoms with Crippen LogP contribution in [-0.2, 0) is 10.2 Å². The van der Waals surface area contributed by atoms with E-state index in [1.54, 1.807) is 0 Å². The molecule has 0 radical (unpaired) electrons. The number of ether oxygens (including phenoxy) is 1. The Kier molecular flexibility index (Phi) is 3.79. The molecular formula is C12H21N3O2. The van der Waals surface area contributed by atoms with E-state index in [0.717, 1.165) is 18.7 Å². The summed E-state index contributed by atoms with van der Waals surface area (Å²) in [6.07, 6.45) is 4.71. The van der Waals surface area contributed by atoms with Crippen LogP contribution < -0.4 is 5.73 Å². The minimum absolute atomic E-state index is 0.0522. The van der Waals surface area contributed by atoms with E-state index < -0.39 is 0 Å². The molecule has 1 saturated carbocycles. The summed E-state index contributed by atoms with van der Waals surface area (Å²) in [5.41, 5.74) is 5.98. The standard InChI is InChI=1S/C12H21N3O2/c1-3-16-8-9(13)10-14-11(17-15-10)12(2)6-4-5-7-12/h9H,3-8,13H2,1-2H3. The van der Waals surface area contributed by atoms with Crippen molar-refractivity contribution in [3.05, 3.63) is 11.7 Å². The van der Waals surface area contributed by atoms with Crippen molar-refractivity contribution in [2.75, 3.05) is 13.2 Å². The zero-order valence-corrected chi connectivity index (χ0v) is 10.6. The first kappa shape index (κ1) is 12.5. The third kappa shape index (κ3) is 2.66. The average molecular weight is 239 g/mol. The molecule has 5 heteroatoms. The second kappa shape index (κ2) is 5.14. The van der Waals surface area contributed by atoms with E-state index >= 15 is 0 Å². The topological polar surface area (TPSA) is 74.2 Å². The molecule has 0 aliphatic heterocycles. The summed E-state index contributed by atoms with van der Waals surface area (Å²) in [5.74, 6) is 1.29. The number of rotatable bonds is 5. The van der Waals surface area contributed by atoms with Crippen molar-refractivity contribution in [3.8, 4) is 0 Å². The van der Waals surface area contributed by atoms with Crippen LogP contribution in [0.15, 0.2) is 4.52 Å². The van der Waals surface area contributed by atoms with Gasteiger partial charge in [0.1, 0.15) is 0 Å². The molecule has 2 rings (SSSR count). The number of nitrogens with zero attached hydrogens (tertiary/aromatic N) is 2. The molecular weight excluding hydrogens is 218 g/mol. The van der Waals surface area contributed by atoms with E-state index in [1.807, 2.05) is 6.92 Å². The summed E-state index contributed by atoms with van der Waals surface area (Å²) in [4.78, 5) is 4.43. The monoisotopic (exact) mass is 239 g/mol. The van der Waals surface area contributed by atoms with E-state index in [0.29, 0.717) is 19.0 Å². The van der Waals surface area contributed by atoms with Crippen molar-refractivity contribution >= 4 is 0 Å². The van der Waals surface area contributed by atoms with Gasteiger partial charge in [-0.3, -0.25) is 0 Å². The van der Waals surface area contributed by atoms with Crippen LogP contribution in [0.1, 0.15) is 57.3 Å². The number of hydrogen-bond donors (Lipinski definition) is 1.